The summed E-state index contributed by atoms with van der Waals surface area (Å²) in [7, 11) is 0. The van der Waals surface area contributed by atoms with Crippen LogP contribution in [0, 0.1) is 0 Å². The number of hydrogen-bond acceptors (Lipinski definition) is 4. The first-order valence-electron chi connectivity index (χ1n) is 8.85. The number of aliphatic hydroxyl groups is 1. The van der Waals surface area contributed by atoms with Gasteiger partial charge in [0.15, 0.2) is 0 Å². The van der Waals surface area contributed by atoms with E-state index in [0.29, 0.717) is 39.2 Å². The van der Waals surface area contributed by atoms with Gasteiger partial charge in [-0.3, -0.25) is 14.5 Å². The summed E-state index contributed by atoms with van der Waals surface area (Å²) in [5.41, 5.74) is 3.20. The number of rotatable bonds is 3. The van der Waals surface area contributed by atoms with Gasteiger partial charge in [-0.05, 0) is 49.7 Å². The molecule has 4 rings (SSSR count). The zero-order valence-electron chi connectivity index (χ0n) is 15.3. The van der Waals surface area contributed by atoms with Crippen LogP contribution in [-0.4, -0.2) is 32.3 Å². The van der Waals surface area contributed by atoms with Gasteiger partial charge in [0.25, 0.3) is 5.91 Å². The third kappa shape index (κ3) is 3.17. The molecule has 2 aromatic heterocycles. The van der Waals surface area contributed by atoms with Crippen molar-refractivity contribution in [3.8, 4) is 11.1 Å². The van der Waals surface area contributed by atoms with Crippen LogP contribution in [0.25, 0.3) is 11.1 Å². The predicted octanol–water partition coefficient (Wildman–Crippen LogP) is 4.53. The number of halogens is 2. The van der Waals surface area contributed by atoms with Gasteiger partial charge in [-0.15, -0.1) is 0 Å². The Hall–Kier alpha value is -2.41. The third-order valence-electron chi connectivity index (χ3n) is 4.84. The summed E-state index contributed by atoms with van der Waals surface area (Å²) in [6.45, 7) is 4.13. The van der Waals surface area contributed by atoms with E-state index in [2.05, 4.69) is 10.1 Å². The molecular weight excluding hydrogens is 399 g/mol. The summed E-state index contributed by atoms with van der Waals surface area (Å²) in [5, 5.41) is 15.1. The standard InChI is InChI=1S/C20H18Cl2N4O2/c1-11-10-25(14-3-4-16(21)17(22)8-14)20(28)19-15(9-24-26(11)19)13-5-6-23-18(7-13)12(2)27/h3-9,11-12,27H,10H2,1-2H3. The van der Waals surface area contributed by atoms with Crippen LogP contribution in [0.4, 0.5) is 5.69 Å². The van der Waals surface area contributed by atoms with Crippen molar-refractivity contribution in [1.29, 1.82) is 0 Å². The molecule has 0 aliphatic carbocycles. The van der Waals surface area contributed by atoms with E-state index < -0.39 is 6.10 Å². The maximum absolute atomic E-state index is 13.4. The molecule has 2 atom stereocenters. The Bertz CT molecular complexity index is 1060. The first kappa shape index (κ1) is 18.9. The van der Waals surface area contributed by atoms with Crippen LogP contribution in [0.2, 0.25) is 10.0 Å². The lowest BCUT2D eigenvalue weighted by atomic mass is 10.0. The number of carbonyl (C=O) groups is 1. The maximum Gasteiger partial charge on any atom is 0.277 e. The third-order valence-corrected chi connectivity index (χ3v) is 5.58. The first-order chi connectivity index (χ1) is 13.4. The van der Waals surface area contributed by atoms with Crippen LogP contribution < -0.4 is 4.90 Å². The van der Waals surface area contributed by atoms with Crippen LogP contribution >= 0.6 is 23.2 Å². The molecular formula is C20H18Cl2N4O2. The molecule has 8 heteroatoms. The second-order valence-corrected chi connectivity index (χ2v) is 7.67. The van der Waals surface area contributed by atoms with Gasteiger partial charge in [-0.25, -0.2) is 0 Å². The number of hydrogen-bond donors (Lipinski definition) is 1. The number of fused-ring (bicyclic) bond motifs is 1. The van der Waals surface area contributed by atoms with E-state index in [-0.39, 0.29) is 11.9 Å². The Morgan fingerprint density at radius 1 is 1.21 bits per heavy atom. The van der Waals surface area contributed by atoms with Gasteiger partial charge in [0.05, 0.1) is 34.1 Å². The molecule has 0 radical (unpaired) electrons. The number of aromatic nitrogens is 3. The fourth-order valence-electron chi connectivity index (χ4n) is 3.39. The second kappa shape index (κ2) is 7.20. The SMILES string of the molecule is CC(O)c1cc(-c2cnn3c2C(=O)N(c2ccc(Cl)c(Cl)c2)CC3C)ccn1. The highest BCUT2D eigenvalue weighted by Gasteiger charge is 2.34. The molecule has 1 N–H and O–H groups in total. The summed E-state index contributed by atoms with van der Waals surface area (Å²) < 4.78 is 1.74. The monoisotopic (exact) mass is 416 g/mol. The van der Waals surface area contributed by atoms with Gasteiger partial charge < -0.3 is 10.0 Å². The molecule has 144 valence electrons. The molecule has 0 fully saturated rings. The van der Waals surface area contributed by atoms with Crippen LogP contribution in [0.5, 0.6) is 0 Å². The minimum Gasteiger partial charge on any atom is -0.387 e. The Labute approximate surface area is 172 Å². The maximum atomic E-state index is 13.4. The van der Waals surface area contributed by atoms with Crippen molar-refractivity contribution in [2.24, 2.45) is 0 Å². The quantitative estimate of drug-likeness (QED) is 0.680. The van der Waals surface area contributed by atoms with Gasteiger partial charge in [-0.2, -0.15) is 5.10 Å². The number of aliphatic hydroxyl groups excluding tert-OH is 1. The van der Waals surface area contributed by atoms with E-state index in [1.54, 1.807) is 59.2 Å². The highest BCUT2D eigenvalue weighted by Crippen LogP contribution is 2.35. The van der Waals surface area contributed by atoms with Crippen molar-refractivity contribution in [1.82, 2.24) is 14.8 Å². The van der Waals surface area contributed by atoms with E-state index in [4.69, 9.17) is 23.2 Å². The minimum absolute atomic E-state index is 0.0195. The summed E-state index contributed by atoms with van der Waals surface area (Å²) in [4.78, 5) is 19.2. The van der Waals surface area contributed by atoms with Crippen LogP contribution in [0.3, 0.4) is 0 Å². The lowest BCUT2D eigenvalue weighted by Crippen LogP contribution is -2.42. The average molecular weight is 417 g/mol. The molecule has 1 aliphatic heterocycles. The molecule has 1 aliphatic rings. The Kier molecular flexibility index (Phi) is 4.87. The Morgan fingerprint density at radius 3 is 2.71 bits per heavy atom. The largest absolute Gasteiger partial charge is 0.387 e. The van der Waals surface area contributed by atoms with Crippen LogP contribution in [-0.2, 0) is 0 Å². The van der Waals surface area contributed by atoms with Crippen molar-refractivity contribution in [2.45, 2.75) is 26.0 Å². The molecule has 1 amide bonds. The topological polar surface area (TPSA) is 71.2 Å². The van der Waals surface area contributed by atoms with Gasteiger partial charge >= 0.3 is 0 Å². The van der Waals surface area contributed by atoms with Gasteiger partial charge in [0.2, 0.25) is 0 Å². The normalized spacial score (nSPS) is 17.5. The summed E-state index contributed by atoms with van der Waals surface area (Å²) in [6.07, 6.45) is 2.60. The highest BCUT2D eigenvalue weighted by molar-refractivity contribution is 6.42. The Morgan fingerprint density at radius 2 is 2.00 bits per heavy atom. The predicted molar refractivity (Wildman–Crippen MR) is 109 cm³/mol. The molecule has 3 aromatic rings. The number of nitrogens with zero attached hydrogens (tertiary/aromatic N) is 4. The fraction of sp³-hybridized carbons (Fsp3) is 0.250. The molecule has 0 saturated heterocycles. The van der Waals surface area contributed by atoms with Crippen molar-refractivity contribution in [3.05, 3.63) is 64.2 Å². The molecule has 0 saturated carbocycles. The zero-order valence-corrected chi connectivity index (χ0v) is 16.8. The molecule has 28 heavy (non-hydrogen) atoms. The van der Waals surface area contributed by atoms with Crippen LogP contribution in [0.1, 0.15) is 42.2 Å². The smallest absolute Gasteiger partial charge is 0.277 e. The Balaban J connectivity index is 1.80. The van der Waals surface area contributed by atoms with E-state index in [9.17, 15) is 9.90 Å². The first-order valence-corrected chi connectivity index (χ1v) is 9.61. The number of anilines is 1. The van der Waals surface area contributed by atoms with E-state index in [1.807, 2.05) is 6.92 Å². The van der Waals surface area contributed by atoms with Crippen molar-refractivity contribution in [2.75, 3.05) is 11.4 Å². The molecule has 2 unspecified atom stereocenters. The van der Waals surface area contributed by atoms with Gasteiger partial charge in [0, 0.05) is 24.0 Å². The lowest BCUT2D eigenvalue weighted by molar-refractivity contribution is 0.0954. The molecule has 6 nitrogen and oxygen atoms in total. The second-order valence-electron chi connectivity index (χ2n) is 6.86. The molecule has 3 heterocycles. The fourth-order valence-corrected chi connectivity index (χ4v) is 3.69. The zero-order chi connectivity index (χ0) is 20.0. The molecule has 0 spiro atoms. The van der Waals surface area contributed by atoms with E-state index in [0.717, 1.165) is 5.56 Å². The van der Waals surface area contributed by atoms with E-state index in [1.165, 1.54) is 0 Å². The van der Waals surface area contributed by atoms with Crippen LogP contribution in [0.15, 0.2) is 42.7 Å². The highest BCUT2D eigenvalue weighted by atomic mass is 35.5. The molecule has 0 bridgehead atoms. The van der Waals surface area contributed by atoms with E-state index >= 15 is 0 Å². The summed E-state index contributed by atoms with van der Waals surface area (Å²) in [6, 6.07) is 8.72. The lowest BCUT2D eigenvalue weighted by Gasteiger charge is -2.32. The van der Waals surface area contributed by atoms with Crippen molar-refractivity contribution >= 4 is 34.8 Å². The number of amides is 1. The van der Waals surface area contributed by atoms with Gasteiger partial charge in [-0.1, -0.05) is 23.2 Å². The number of carbonyl (C=O) groups excluding carboxylic acids is 1. The number of benzene rings is 1. The average Bonchev–Trinajstić information content (AvgIpc) is 3.13. The number of pyridine rings is 1. The summed E-state index contributed by atoms with van der Waals surface area (Å²) in [5.74, 6) is -0.167. The van der Waals surface area contributed by atoms with Gasteiger partial charge in [0.1, 0.15) is 5.69 Å². The minimum atomic E-state index is -0.700. The van der Waals surface area contributed by atoms with Crippen molar-refractivity contribution in [3.63, 3.8) is 0 Å². The molecule has 1 aromatic carbocycles. The summed E-state index contributed by atoms with van der Waals surface area (Å²) >= 11 is 12.2. The van der Waals surface area contributed by atoms with Crippen molar-refractivity contribution < 1.29 is 9.90 Å².